The third-order valence-corrected chi connectivity index (χ3v) is 5.69. The Bertz CT molecular complexity index is 625. The van der Waals surface area contributed by atoms with E-state index in [2.05, 4.69) is 61.6 Å². The minimum atomic E-state index is -0.739. The van der Waals surface area contributed by atoms with Crippen molar-refractivity contribution < 1.29 is 9.84 Å². The van der Waals surface area contributed by atoms with E-state index in [1.165, 1.54) is 5.69 Å². The van der Waals surface area contributed by atoms with Gasteiger partial charge in [0.15, 0.2) is 5.96 Å². The lowest BCUT2D eigenvalue weighted by Gasteiger charge is -2.30. The van der Waals surface area contributed by atoms with E-state index in [1.807, 2.05) is 6.07 Å². The van der Waals surface area contributed by atoms with Gasteiger partial charge in [0, 0.05) is 56.2 Å². The molecule has 3 rings (SSSR count). The van der Waals surface area contributed by atoms with Gasteiger partial charge in [-0.25, -0.2) is 0 Å². The first-order chi connectivity index (χ1) is 12.6. The zero-order valence-electron chi connectivity index (χ0n) is 15.8. The Balaban J connectivity index is 0.00000261. The van der Waals surface area contributed by atoms with Crippen molar-refractivity contribution in [2.24, 2.45) is 4.99 Å². The van der Waals surface area contributed by atoms with E-state index in [1.54, 1.807) is 0 Å². The van der Waals surface area contributed by atoms with Gasteiger partial charge in [-0.1, -0.05) is 12.1 Å². The molecule has 152 valence electrons. The Kier molecular flexibility index (Phi) is 9.10. The van der Waals surface area contributed by atoms with Crippen molar-refractivity contribution in [2.45, 2.75) is 37.8 Å². The van der Waals surface area contributed by atoms with E-state index in [0.717, 1.165) is 36.5 Å². The molecule has 2 aliphatic rings. The van der Waals surface area contributed by atoms with Crippen molar-refractivity contribution in [3.05, 3.63) is 28.7 Å². The maximum atomic E-state index is 10.6. The van der Waals surface area contributed by atoms with Crippen LogP contribution in [0.2, 0.25) is 0 Å². The summed E-state index contributed by atoms with van der Waals surface area (Å²) in [5, 5.41) is 17.4. The highest BCUT2D eigenvalue weighted by Gasteiger charge is 2.30. The molecule has 1 unspecified atom stereocenters. The number of rotatable bonds is 5. The molecule has 2 saturated heterocycles. The van der Waals surface area contributed by atoms with Crippen LogP contribution in [-0.4, -0.2) is 62.1 Å². The Morgan fingerprint density at radius 3 is 2.81 bits per heavy atom. The summed E-state index contributed by atoms with van der Waals surface area (Å²) >= 11 is 3.64. The van der Waals surface area contributed by atoms with Crippen LogP contribution in [0.1, 0.15) is 26.2 Å². The summed E-state index contributed by atoms with van der Waals surface area (Å²) in [6, 6.07) is 8.67. The smallest absolute Gasteiger partial charge is 0.191 e. The summed E-state index contributed by atoms with van der Waals surface area (Å²) in [5.74, 6) is 0.784. The van der Waals surface area contributed by atoms with Crippen LogP contribution in [0.4, 0.5) is 5.69 Å². The van der Waals surface area contributed by atoms with E-state index in [4.69, 9.17) is 4.74 Å². The fraction of sp³-hybridized carbons (Fsp3) is 0.632. The highest BCUT2D eigenvalue weighted by Crippen LogP contribution is 2.28. The zero-order chi connectivity index (χ0) is 18.4. The first-order valence-electron chi connectivity index (χ1n) is 9.44. The summed E-state index contributed by atoms with van der Waals surface area (Å²) in [6.45, 7) is 6.44. The van der Waals surface area contributed by atoms with E-state index in [0.29, 0.717) is 38.6 Å². The van der Waals surface area contributed by atoms with Gasteiger partial charge in [0.25, 0.3) is 0 Å². The minimum absolute atomic E-state index is 0. The van der Waals surface area contributed by atoms with Crippen LogP contribution in [0.3, 0.4) is 0 Å². The van der Waals surface area contributed by atoms with Crippen molar-refractivity contribution >= 4 is 51.6 Å². The molecule has 0 radical (unpaired) electrons. The fourth-order valence-electron chi connectivity index (χ4n) is 3.45. The molecule has 8 heteroatoms. The fourth-order valence-corrected chi connectivity index (χ4v) is 3.99. The van der Waals surface area contributed by atoms with Gasteiger partial charge in [-0.2, -0.15) is 0 Å². The molecule has 1 aromatic rings. The molecule has 27 heavy (non-hydrogen) atoms. The quantitative estimate of drug-likeness (QED) is 0.298. The highest BCUT2D eigenvalue weighted by molar-refractivity contribution is 14.0. The van der Waals surface area contributed by atoms with Gasteiger partial charge in [0.05, 0.1) is 17.8 Å². The maximum absolute atomic E-state index is 10.6. The number of aliphatic hydroxyl groups is 1. The molecule has 0 aromatic heterocycles. The molecule has 3 N–H and O–H groups in total. The van der Waals surface area contributed by atoms with Crippen LogP contribution in [-0.2, 0) is 4.74 Å². The van der Waals surface area contributed by atoms with Crippen LogP contribution in [0.15, 0.2) is 33.7 Å². The molecule has 0 spiro atoms. The van der Waals surface area contributed by atoms with Crippen molar-refractivity contribution in [1.29, 1.82) is 0 Å². The van der Waals surface area contributed by atoms with Crippen molar-refractivity contribution in [3.8, 4) is 0 Å². The van der Waals surface area contributed by atoms with E-state index >= 15 is 0 Å². The number of nitrogens with zero attached hydrogens (tertiary/aromatic N) is 2. The van der Waals surface area contributed by atoms with Crippen molar-refractivity contribution in [3.63, 3.8) is 0 Å². The summed E-state index contributed by atoms with van der Waals surface area (Å²) in [6.07, 6.45) is 2.36. The Labute approximate surface area is 187 Å². The molecule has 1 aromatic carbocycles. The molecule has 2 heterocycles. The number of hydrogen-bond donors (Lipinski definition) is 3. The van der Waals surface area contributed by atoms with Gasteiger partial charge >= 0.3 is 0 Å². The number of hydrogen-bond acceptors (Lipinski definition) is 4. The van der Waals surface area contributed by atoms with E-state index < -0.39 is 5.60 Å². The number of para-hydroxylation sites is 1. The standard InChI is InChI=1S/C19H29BrN4O2.HI/c1-2-21-18(22-14-19(25)8-11-26-12-9-19)23-15-7-10-24(13-15)17-6-4-3-5-16(17)20;/h3-6,15,25H,2,7-14H2,1H3,(H2,21,22,23);1H. The SMILES string of the molecule is CCNC(=NCC1(O)CCOCC1)NC1CCN(c2ccccc2Br)C1.I. The number of anilines is 1. The molecular weight excluding hydrogens is 523 g/mol. The highest BCUT2D eigenvalue weighted by atomic mass is 127. The molecule has 2 fully saturated rings. The van der Waals surface area contributed by atoms with Gasteiger partial charge in [0.2, 0.25) is 0 Å². The topological polar surface area (TPSA) is 69.1 Å². The number of guanidine groups is 1. The molecule has 0 bridgehead atoms. The number of ether oxygens (including phenoxy) is 1. The number of halogens is 2. The second kappa shape index (κ2) is 10.8. The van der Waals surface area contributed by atoms with Crippen LogP contribution in [0.5, 0.6) is 0 Å². The molecule has 6 nitrogen and oxygen atoms in total. The number of nitrogens with one attached hydrogen (secondary N) is 2. The van der Waals surface area contributed by atoms with E-state index in [-0.39, 0.29) is 24.0 Å². The van der Waals surface area contributed by atoms with Gasteiger partial charge in [0.1, 0.15) is 0 Å². The van der Waals surface area contributed by atoms with Crippen molar-refractivity contribution in [2.75, 3.05) is 44.3 Å². The second-order valence-electron chi connectivity index (χ2n) is 7.06. The maximum Gasteiger partial charge on any atom is 0.191 e. The predicted octanol–water partition coefficient (Wildman–Crippen LogP) is 2.74. The van der Waals surface area contributed by atoms with E-state index in [9.17, 15) is 5.11 Å². The van der Waals surface area contributed by atoms with Crippen LogP contribution in [0, 0.1) is 0 Å². The first-order valence-corrected chi connectivity index (χ1v) is 10.2. The number of aliphatic imine (C=N–C) groups is 1. The summed E-state index contributed by atoms with van der Waals surface area (Å²) in [4.78, 5) is 7.04. The van der Waals surface area contributed by atoms with Crippen LogP contribution in [0.25, 0.3) is 0 Å². The zero-order valence-corrected chi connectivity index (χ0v) is 19.7. The molecule has 0 amide bonds. The molecular formula is C19H30BrIN4O2. The lowest BCUT2D eigenvalue weighted by Crippen LogP contribution is -2.46. The van der Waals surface area contributed by atoms with Gasteiger partial charge in [-0.05, 0) is 41.4 Å². The van der Waals surface area contributed by atoms with Gasteiger partial charge < -0.3 is 25.4 Å². The Morgan fingerprint density at radius 1 is 1.37 bits per heavy atom. The third-order valence-electron chi connectivity index (χ3n) is 5.02. The third kappa shape index (κ3) is 6.47. The predicted molar refractivity (Wildman–Crippen MR) is 124 cm³/mol. The average Bonchev–Trinajstić information content (AvgIpc) is 3.09. The monoisotopic (exact) mass is 552 g/mol. The van der Waals surface area contributed by atoms with Gasteiger partial charge in [-0.3, -0.25) is 4.99 Å². The normalized spacial score (nSPS) is 22.3. The van der Waals surface area contributed by atoms with Gasteiger partial charge in [-0.15, -0.1) is 24.0 Å². The Morgan fingerprint density at radius 2 is 2.11 bits per heavy atom. The molecule has 0 saturated carbocycles. The summed E-state index contributed by atoms with van der Waals surface area (Å²) in [7, 11) is 0. The van der Waals surface area contributed by atoms with Crippen molar-refractivity contribution in [1.82, 2.24) is 10.6 Å². The second-order valence-corrected chi connectivity index (χ2v) is 7.91. The minimum Gasteiger partial charge on any atom is -0.388 e. The number of benzene rings is 1. The lowest BCUT2D eigenvalue weighted by molar-refractivity contribution is -0.0566. The largest absolute Gasteiger partial charge is 0.388 e. The van der Waals surface area contributed by atoms with Crippen LogP contribution >= 0.6 is 39.9 Å². The summed E-state index contributed by atoms with van der Waals surface area (Å²) < 4.78 is 6.47. The molecule has 2 aliphatic heterocycles. The average molecular weight is 553 g/mol. The first kappa shape index (κ1) is 22.7. The summed E-state index contributed by atoms with van der Waals surface area (Å²) in [5.41, 5.74) is 0.493. The molecule has 1 atom stereocenters. The lowest BCUT2D eigenvalue weighted by atomic mass is 9.95. The van der Waals surface area contributed by atoms with Crippen LogP contribution < -0.4 is 15.5 Å². The Hall–Kier alpha value is -0.580. The molecule has 0 aliphatic carbocycles.